The van der Waals surface area contributed by atoms with E-state index in [-0.39, 0.29) is 0 Å². The maximum atomic E-state index is 4.17. The van der Waals surface area contributed by atoms with Gasteiger partial charge in [0, 0.05) is 25.0 Å². The summed E-state index contributed by atoms with van der Waals surface area (Å²) in [4.78, 5) is 2.35. The molecule has 0 radical (unpaired) electrons. The molecule has 0 heterocycles. The summed E-state index contributed by atoms with van der Waals surface area (Å²) in [5.41, 5.74) is 5.34. The van der Waals surface area contributed by atoms with Gasteiger partial charge in [0.2, 0.25) is 0 Å². The van der Waals surface area contributed by atoms with Crippen molar-refractivity contribution in [3.8, 4) is 0 Å². The second-order valence-corrected chi connectivity index (χ2v) is 7.12. The molecule has 0 atom stereocenters. The maximum absolute atomic E-state index is 4.17. The Balaban J connectivity index is 1.95. The average Bonchev–Trinajstić information content (AvgIpc) is 3.26. The molecule has 2 nitrogen and oxygen atoms in total. The molecule has 2 saturated carbocycles. The third-order valence-corrected chi connectivity index (χ3v) is 5.30. The van der Waals surface area contributed by atoms with Crippen molar-refractivity contribution in [1.29, 1.82) is 0 Å². The molecular weight excluding hydrogens is 256 g/mol. The molecule has 0 aliphatic heterocycles. The van der Waals surface area contributed by atoms with Crippen molar-refractivity contribution in [2.75, 3.05) is 13.6 Å². The van der Waals surface area contributed by atoms with E-state index in [2.05, 4.69) is 44.1 Å². The summed E-state index contributed by atoms with van der Waals surface area (Å²) in [7, 11) is 1.97. The monoisotopic (exact) mass is 288 g/mol. The maximum Gasteiger partial charge on any atom is 0.0556 e. The van der Waals surface area contributed by atoms with Crippen LogP contribution in [0.25, 0.3) is 0 Å². The van der Waals surface area contributed by atoms with E-state index in [1.165, 1.54) is 44.2 Å². The molecule has 2 rings (SSSR count). The molecule has 21 heavy (non-hydrogen) atoms. The summed E-state index contributed by atoms with van der Waals surface area (Å²) in [5, 5.41) is 3.28. The summed E-state index contributed by atoms with van der Waals surface area (Å²) in [6.07, 6.45) is 8.61. The minimum atomic E-state index is 0.749. The number of hydrogen-bond acceptors (Lipinski definition) is 2. The summed E-state index contributed by atoms with van der Waals surface area (Å²) in [5.74, 6) is 1.07. The first kappa shape index (κ1) is 16.2. The van der Waals surface area contributed by atoms with Crippen molar-refractivity contribution in [1.82, 2.24) is 10.2 Å². The Labute approximate surface area is 131 Å². The van der Waals surface area contributed by atoms with Crippen LogP contribution in [0, 0.1) is 11.3 Å². The summed E-state index contributed by atoms with van der Waals surface area (Å²) >= 11 is 0. The second-order valence-electron chi connectivity index (χ2n) is 7.12. The Morgan fingerprint density at radius 1 is 1.19 bits per heavy atom. The Bertz CT molecular complexity index is 450. The number of nitrogens with zero attached hydrogens (tertiary/aromatic N) is 1. The van der Waals surface area contributed by atoms with Gasteiger partial charge in [0.1, 0.15) is 0 Å². The molecular formula is C19H32N2. The summed E-state index contributed by atoms with van der Waals surface area (Å²) in [6, 6.07) is 0. The average molecular weight is 288 g/mol. The van der Waals surface area contributed by atoms with Crippen molar-refractivity contribution >= 4 is 0 Å². The molecule has 2 heteroatoms. The molecule has 0 aromatic rings. The first-order chi connectivity index (χ1) is 9.91. The van der Waals surface area contributed by atoms with E-state index >= 15 is 0 Å². The molecule has 2 aliphatic carbocycles. The molecule has 118 valence electrons. The van der Waals surface area contributed by atoms with Gasteiger partial charge < -0.3 is 10.2 Å². The number of likely N-dealkylation sites (N-methyl/N-ethyl adjacent to an activating group) is 1. The van der Waals surface area contributed by atoms with Crippen LogP contribution in [0.5, 0.6) is 0 Å². The Kier molecular flexibility index (Phi) is 4.85. The van der Waals surface area contributed by atoms with Crippen molar-refractivity contribution < 1.29 is 0 Å². The van der Waals surface area contributed by atoms with Crippen LogP contribution in [-0.4, -0.2) is 18.5 Å². The van der Waals surface area contributed by atoms with Crippen LogP contribution in [0.15, 0.2) is 35.8 Å². The van der Waals surface area contributed by atoms with Crippen LogP contribution in [0.3, 0.4) is 0 Å². The number of nitrogens with one attached hydrogen (secondary N) is 1. The zero-order valence-electron chi connectivity index (χ0n) is 14.4. The predicted octanol–water partition coefficient (Wildman–Crippen LogP) is 4.82. The third-order valence-electron chi connectivity index (χ3n) is 5.30. The van der Waals surface area contributed by atoms with E-state index in [0.29, 0.717) is 0 Å². The first-order valence-corrected chi connectivity index (χ1v) is 8.39. The van der Waals surface area contributed by atoms with E-state index in [0.717, 1.165) is 34.8 Å². The van der Waals surface area contributed by atoms with Gasteiger partial charge in [-0.1, -0.05) is 13.2 Å². The highest BCUT2D eigenvalue weighted by atomic mass is 15.2. The van der Waals surface area contributed by atoms with Gasteiger partial charge in [-0.3, -0.25) is 0 Å². The quantitative estimate of drug-likeness (QED) is 0.612. The van der Waals surface area contributed by atoms with Crippen LogP contribution >= 0.6 is 0 Å². The number of allylic oxidation sites excluding steroid dienone is 3. The van der Waals surface area contributed by atoms with Gasteiger partial charge in [-0.15, -0.1) is 0 Å². The smallest absolute Gasteiger partial charge is 0.0556 e. The largest absolute Gasteiger partial charge is 0.387 e. The highest BCUT2D eigenvalue weighted by molar-refractivity contribution is 5.30. The first-order valence-electron chi connectivity index (χ1n) is 8.39. The summed E-state index contributed by atoms with van der Waals surface area (Å²) in [6.45, 7) is 15.6. The zero-order chi connectivity index (χ0) is 15.6. The molecule has 0 amide bonds. The Morgan fingerprint density at radius 3 is 2.19 bits per heavy atom. The topological polar surface area (TPSA) is 15.3 Å². The minimum absolute atomic E-state index is 0.749. The van der Waals surface area contributed by atoms with Gasteiger partial charge in [0.15, 0.2) is 0 Å². The van der Waals surface area contributed by atoms with E-state index in [1.54, 1.807) is 0 Å². The molecule has 0 bridgehead atoms. The minimum Gasteiger partial charge on any atom is -0.387 e. The lowest BCUT2D eigenvalue weighted by Crippen LogP contribution is -2.25. The van der Waals surface area contributed by atoms with Gasteiger partial charge >= 0.3 is 0 Å². The van der Waals surface area contributed by atoms with Gasteiger partial charge in [0.25, 0.3) is 0 Å². The van der Waals surface area contributed by atoms with Crippen molar-refractivity contribution in [2.45, 2.75) is 59.3 Å². The molecule has 0 spiro atoms. The van der Waals surface area contributed by atoms with Crippen molar-refractivity contribution in [3.05, 3.63) is 35.8 Å². The zero-order valence-corrected chi connectivity index (χ0v) is 14.4. The Hall–Kier alpha value is -1.18. The van der Waals surface area contributed by atoms with Gasteiger partial charge in [-0.05, 0) is 76.2 Å². The fourth-order valence-electron chi connectivity index (χ4n) is 3.79. The number of hydrogen-bond donors (Lipinski definition) is 1. The van der Waals surface area contributed by atoms with Crippen LogP contribution in [0.4, 0.5) is 0 Å². The van der Waals surface area contributed by atoms with Crippen LogP contribution in [0.2, 0.25) is 0 Å². The van der Waals surface area contributed by atoms with E-state index < -0.39 is 0 Å². The Morgan fingerprint density at radius 2 is 1.81 bits per heavy atom. The van der Waals surface area contributed by atoms with Crippen LogP contribution in [-0.2, 0) is 0 Å². The predicted molar refractivity (Wildman–Crippen MR) is 91.7 cm³/mol. The standard InChI is InChI=1S/C19H32N2/c1-14(2)18(20-6)16(5)21(15(3)4)13-7-10-19(11-12-19)17-8-9-17/h17,20H,1,3,7-13H2,2,4-6H3/b18-16+. The lowest BCUT2D eigenvalue weighted by molar-refractivity contribution is 0.342. The van der Waals surface area contributed by atoms with Gasteiger partial charge in [-0.2, -0.15) is 0 Å². The van der Waals surface area contributed by atoms with E-state index in [4.69, 9.17) is 0 Å². The second kappa shape index (κ2) is 6.29. The number of rotatable bonds is 9. The van der Waals surface area contributed by atoms with Crippen LogP contribution < -0.4 is 5.32 Å². The van der Waals surface area contributed by atoms with Gasteiger partial charge in [-0.25, -0.2) is 0 Å². The molecule has 2 fully saturated rings. The molecule has 0 aromatic carbocycles. The third kappa shape index (κ3) is 3.72. The highest BCUT2D eigenvalue weighted by Gasteiger charge is 2.52. The van der Waals surface area contributed by atoms with Crippen molar-refractivity contribution in [2.24, 2.45) is 11.3 Å². The molecule has 1 N–H and O–H groups in total. The molecule has 0 aromatic heterocycles. The van der Waals surface area contributed by atoms with Gasteiger partial charge in [0.05, 0.1) is 5.70 Å². The molecule has 0 saturated heterocycles. The molecule has 2 aliphatic rings. The lowest BCUT2D eigenvalue weighted by atomic mass is 9.94. The van der Waals surface area contributed by atoms with E-state index in [9.17, 15) is 0 Å². The summed E-state index contributed by atoms with van der Waals surface area (Å²) < 4.78 is 0. The van der Waals surface area contributed by atoms with Crippen molar-refractivity contribution in [3.63, 3.8) is 0 Å². The lowest BCUT2D eigenvalue weighted by Gasteiger charge is -2.29. The van der Waals surface area contributed by atoms with Crippen LogP contribution in [0.1, 0.15) is 59.3 Å². The fraction of sp³-hybridized carbons (Fsp3) is 0.684. The normalized spacial score (nSPS) is 20.6. The SMILES string of the molecule is C=C(C)/C(NC)=C(/C)N(CCCC1(C2CC2)CC1)C(=C)C. The fourth-order valence-corrected chi connectivity index (χ4v) is 3.79. The molecule has 0 unspecified atom stereocenters. The van der Waals surface area contributed by atoms with E-state index in [1.807, 2.05) is 7.05 Å². The highest BCUT2D eigenvalue weighted by Crippen LogP contribution is 2.63.